The molecule has 2 amide bonds. The van der Waals surface area contributed by atoms with Crippen molar-refractivity contribution in [1.82, 2.24) is 10.2 Å². The zero-order valence-electron chi connectivity index (χ0n) is 10.3. The summed E-state index contributed by atoms with van der Waals surface area (Å²) >= 11 is 1.50. The van der Waals surface area contributed by atoms with Crippen LogP contribution in [0.2, 0.25) is 0 Å². The molecular formula is C13H16N2O2S. The van der Waals surface area contributed by atoms with Gasteiger partial charge in [0.05, 0.1) is 5.75 Å². The number of carbonyl (C=O) groups is 2. The fourth-order valence-electron chi connectivity index (χ4n) is 1.88. The summed E-state index contributed by atoms with van der Waals surface area (Å²) in [6.07, 6.45) is 0. The fraction of sp³-hybridized carbons (Fsp3) is 0.385. The lowest BCUT2D eigenvalue weighted by Gasteiger charge is -2.27. The van der Waals surface area contributed by atoms with Crippen molar-refractivity contribution in [2.24, 2.45) is 0 Å². The Balaban J connectivity index is 1.94. The predicted molar refractivity (Wildman–Crippen MR) is 72.2 cm³/mol. The molecule has 0 aliphatic carbocycles. The number of benzene rings is 1. The van der Waals surface area contributed by atoms with E-state index >= 15 is 0 Å². The molecule has 1 unspecified atom stereocenters. The lowest BCUT2D eigenvalue weighted by molar-refractivity contribution is -0.134. The summed E-state index contributed by atoms with van der Waals surface area (Å²) in [6, 6.07) is 9.43. The third-order valence-electron chi connectivity index (χ3n) is 2.79. The Morgan fingerprint density at radius 1 is 1.44 bits per heavy atom. The zero-order chi connectivity index (χ0) is 13.0. The van der Waals surface area contributed by atoms with Gasteiger partial charge in [0.15, 0.2) is 0 Å². The van der Waals surface area contributed by atoms with Crippen molar-refractivity contribution in [3.63, 3.8) is 0 Å². The number of hydrogen-bond acceptors (Lipinski definition) is 3. The van der Waals surface area contributed by atoms with Crippen LogP contribution in [0, 0.1) is 0 Å². The molecule has 5 heteroatoms. The summed E-state index contributed by atoms with van der Waals surface area (Å²) in [5.74, 6) is 1.02. The molecule has 0 saturated carbocycles. The number of hydrogen-bond donors (Lipinski definition) is 1. The standard InChI is InChI=1S/C13H16N2O2S/c1-15(7-10-5-3-2-4-6-10)13(17)11-8-18-9-12(16)14-11/h2-6,11H,7-9H2,1H3,(H,14,16). The van der Waals surface area contributed by atoms with Crippen molar-refractivity contribution < 1.29 is 9.59 Å². The molecule has 18 heavy (non-hydrogen) atoms. The highest BCUT2D eigenvalue weighted by atomic mass is 32.2. The lowest BCUT2D eigenvalue weighted by Crippen LogP contribution is -2.51. The van der Waals surface area contributed by atoms with Gasteiger partial charge in [0.25, 0.3) is 0 Å². The number of amides is 2. The molecule has 1 aromatic carbocycles. The first kappa shape index (κ1) is 13.0. The second-order valence-electron chi connectivity index (χ2n) is 4.32. The molecule has 1 aromatic rings. The Kier molecular flexibility index (Phi) is 4.25. The average molecular weight is 264 g/mol. The van der Waals surface area contributed by atoms with E-state index in [0.717, 1.165) is 5.56 Å². The molecule has 1 saturated heterocycles. The van der Waals surface area contributed by atoms with Gasteiger partial charge in [-0.15, -0.1) is 11.8 Å². The lowest BCUT2D eigenvalue weighted by atomic mass is 10.2. The Hall–Kier alpha value is -1.49. The van der Waals surface area contributed by atoms with Gasteiger partial charge in [0.2, 0.25) is 11.8 Å². The van der Waals surface area contributed by atoms with Gasteiger partial charge in [-0.1, -0.05) is 30.3 Å². The summed E-state index contributed by atoms with van der Waals surface area (Å²) in [6.45, 7) is 0.566. The van der Waals surface area contributed by atoms with Gasteiger partial charge in [0, 0.05) is 19.3 Å². The van der Waals surface area contributed by atoms with E-state index in [1.165, 1.54) is 11.8 Å². The van der Waals surface area contributed by atoms with Gasteiger partial charge >= 0.3 is 0 Å². The van der Waals surface area contributed by atoms with E-state index in [2.05, 4.69) is 5.32 Å². The largest absolute Gasteiger partial charge is 0.343 e. The molecule has 0 bridgehead atoms. The van der Waals surface area contributed by atoms with Crippen LogP contribution in [0.1, 0.15) is 5.56 Å². The molecule has 1 heterocycles. The summed E-state index contributed by atoms with van der Waals surface area (Å²) in [5, 5.41) is 2.73. The van der Waals surface area contributed by atoms with Crippen LogP contribution in [0.4, 0.5) is 0 Å². The normalized spacial score (nSPS) is 19.2. The van der Waals surface area contributed by atoms with Crippen LogP contribution in [0.5, 0.6) is 0 Å². The maximum Gasteiger partial charge on any atom is 0.246 e. The second kappa shape index (κ2) is 5.91. The highest BCUT2D eigenvalue weighted by Gasteiger charge is 2.27. The first-order valence-corrected chi connectivity index (χ1v) is 6.98. The summed E-state index contributed by atoms with van der Waals surface area (Å²) in [4.78, 5) is 25.1. The molecule has 96 valence electrons. The smallest absolute Gasteiger partial charge is 0.246 e. The van der Waals surface area contributed by atoms with Crippen LogP contribution < -0.4 is 5.32 Å². The van der Waals surface area contributed by atoms with Crippen LogP contribution in [0.3, 0.4) is 0 Å². The molecule has 2 rings (SSSR count). The predicted octanol–water partition coefficient (Wildman–Crippen LogP) is 0.877. The van der Waals surface area contributed by atoms with Crippen LogP contribution in [-0.4, -0.2) is 41.3 Å². The van der Waals surface area contributed by atoms with Crippen molar-refractivity contribution in [1.29, 1.82) is 0 Å². The van der Waals surface area contributed by atoms with Crippen molar-refractivity contribution in [3.05, 3.63) is 35.9 Å². The van der Waals surface area contributed by atoms with E-state index in [-0.39, 0.29) is 17.9 Å². The molecule has 4 nitrogen and oxygen atoms in total. The number of nitrogens with one attached hydrogen (secondary N) is 1. The second-order valence-corrected chi connectivity index (χ2v) is 5.35. The monoisotopic (exact) mass is 264 g/mol. The Morgan fingerprint density at radius 2 is 2.17 bits per heavy atom. The number of nitrogens with zero attached hydrogens (tertiary/aromatic N) is 1. The first-order chi connectivity index (χ1) is 8.66. The molecule has 1 N–H and O–H groups in total. The zero-order valence-corrected chi connectivity index (χ0v) is 11.1. The molecule has 1 fully saturated rings. The minimum absolute atomic E-state index is 0.0283. The van der Waals surface area contributed by atoms with Gasteiger partial charge in [-0.2, -0.15) is 0 Å². The van der Waals surface area contributed by atoms with E-state index in [1.54, 1.807) is 11.9 Å². The highest BCUT2D eigenvalue weighted by Crippen LogP contribution is 2.12. The molecule has 1 aliphatic rings. The maximum atomic E-state index is 12.1. The van der Waals surface area contributed by atoms with E-state index in [1.807, 2.05) is 30.3 Å². The third-order valence-corrected chi connectivity index (χ3v) is 3.83. The molecule has 1 aliphatic heterocycles. The van der Waals surface area contributed by atoms with E-state index in [0.29, 0.717) is 18.1 Å². The maximum absolute atomic E-state index is 12.1. The molecule has 0 radical (unpaired) electrons. The topological polar surface area (TPSA) is 49.4 Å². The quantitative estimate of drug-likeness (QED) is 0.881. The van der Waals surface area contributed by atoms with Crippen molar-refractivity contribution in [2.75, 3.05) is 18.6 Å². The Morgan fingerprint density at radius 3 is 2.83 bits per heavy atom. The number of likely N-dealkylation sites (N-methyl/N-ethyl adjacent to an activating group) is 1. The van der Waals surface area contributed by atoms with E-state index in [4.69, 9.17) is 0 Å². The van der Waals surface area contributed by atoms with E-state index < -0.39 is 0 Å². The Labute approximate surface area is 111 Å². The number of thioether (sulfide) groups is 1. The Bertz CT molecular complexity index is 436. The fourth-order valence-corrected chi connectivity index (χ4v) is 2.73. The molecule has 0 spiro atoms. The van der Waals surface area contributed by atoms with Crippen molar-refractivity contribution in [3.8, 4) is 0 Å². The third kappa shape index (κ3) is 3.26. The van der Waals surface area contributed by atoms with Gasteiger partial charge in [-0.3, -0.25) is 9.59 Å². The van der Waals surface area contributed by atoms with Crippen molar-refractivity contribution in [2.45, 2.75) is 12.6 Å². The average Bonchev–Trinajstić information content (AvgIpc) is 2.39. The summed E-state index contributed by atoms with van der Waals surface area (Å²) in [5.41, 5.74) is 1.09. The van der Waals surface area contributed by atoms with Gasteiger partial charge < -0.3 is 10.2 Å². The van der Waals surface area contributed by atoms with E-state index in [9.17, 15) is 9.59 Å². The first-order valence-electron chi connectivity index (χ1n) is 5.83. The number of rotatable bonds is 3. The number of carbonyl (C=O) groups excluding carboxylic acids is 2. The van der Waals surface area contributed by atoms with Crippen LogP contribution in [0.25, 0.3) is 0 Å². The minimum atomic E-state index is -0.384. The summed E-state index contributed by atoms with van der Waals surface area (Å²) < 4.78 is 0. The SMILES string of the molecule is CN(Cc1ccccc1)C(=O)C1CSCC(=O)N1. The van der Waals surface area contributed by atoms with Gasteiger partial charge in [-0.25, -0.2) is 0 Å². The van der Waals surface area contributed by atoms with Crippen LogP contribution in [-0.2, 0) is 16.1 Å². The van der Waals surface area contributed by atoms with Crippen LogP contribution in [0.15, 0.2) is 30.3 Å². The highest BCUT2D eigenvalue weighted by molar-refractivity contribution is 8.00. The summed E-state index contributed by atoms with van der Waals surface area (Å²) in [7, 11) is 1.76. The molecule has 1 atom stereocenters. The van der Waals surface area contributed by atoms with Crippen LogP contribution >= 0.6 is 11.8 Å². The van der Waals surface area contributed by atoms with Gasteiger partial charge in [0.1, 0.15) is 6.04 Å². The molecule has 0 aromatic heterocycles. The van der Waals surface area contributed by atoms with Crippen molar-refractivity contribution >= 4 is 23.6 Å². The molecular weight excluding hydrogens is 248 g/mol. The van der Waals surface area contributed by atoms with Gasteiger partial charge in [-0.05, 0) is 5.56 Å². The minimum Gasteiger partial charge on any atom is -0.343 e.